The van der Waals surface area contributed by atoms with Crippen LogP contribution in [0.3, 0.4) is 0 Å². The SMILES string of the molecule is O=C(CCc1nc2ccccc2[nH]1)Nc1ccc(NS(=O)(=O)c2c(Cl)cccc2Cl)cc1. The Morgan fingerprint density at radius 3 is 2.25 bits per heavy atom. The summed E-state index contributed by atoms with van der Waals surface area (Å²) < 4.78 is 27.7. The molecule has 4 aromatic rings. The molecule has 0 fully saturated rings. The number of para-hydroxylation sites is 2. The lowest BCUT2D eigenvalue weighted by Gasteiger charge is -2.11. The number of benzene rings is 3. The third-order valence-electron chi connectivity index (χ3n) is 4.64. The minimum Gasteiger partial charge on any atom is -0.342 e. The van der Waals surface area contributed by atoms with E-state index in [1.165, 1.54) is 24.3 Å². The average molecular weight is 489 g/mol. The van der Waals surface area contributed by atoms with Gasteiger partial charge in [0.25, 0.3) is 10.0 Å². The topological polar surface area (TPSA) is 104 Å². The first-order valence-electron chi connectivity index (χ1n) is 9.62. The number of carbonyl (C=O) groups excluding carboxylic acids is 1. The largest absolute Gasteiger partial charge is 0.342 e. The van der Waals surface area contributed by atoms with Crippen molar-refractivity contribution in [2.24, 2.45) is 0 Å². The van der Waals surface area contributed by atoms with Crippen molar-refractivity contribution in [3.05, 3.63) is 82.6 Å². The third kappa shape index (κ3) is 5.04. The summed E-state index contributed by atoms with van der Waals surface area (Å²) in [4.78, 5) is 19.7. The fourth-order valence-electron chi connectivity index (χ4n) is 3.15. The van der Waals surface area contributed by atoms with Crippen LogP contribution < -0.4 is 10.0 Å². The molecular formula is C22H18Cl2N4O3S. The predicted molar refractivity (Wildman–Crippen MR) is 127 cm³/mol. The number of imidazole rings is 1. The Bertz CT molecular complexity index is 1330. The number of aryl methyl sites for hydroxylation is 1. The van der Waals surface area contributed by atoms with Gasteiger partial charge in [0, 0.05) is 24.2 Å². The average Bonchev–Trinajstić information content (AvgIpc) is 3.16. The zero-order valence-electron chi connectivity index (χ0n) is 16.6. The van der Waals surface area contributed by atoms with Crippen molar-refractivity contribution in [3.8, 4) is 0 Å². The Hall–Kier alpha value is -3.07. The molecule has 0 atom stereocenters. The highest BCUT2D eigenvalue weighted by Crippen LogP contribution is 2.30. The van der Waals surface area contributed by atoms with E-state index in [1.807, 2.05) is 24.3 Å². The maximum atomic E-state index is 12.6. The molecule has 0 aliphatic heterocycles. The van der Waals surface area contributed by atoms with Crippen LogP contribution in [0, 0.1) is 0 Å². The van der Waals surface area contributed by atoms with Crippen molar-refractivity contribution in [1.29, 1.82) is 0 Å². The Balaban J connectivity index is 1.36. The molecule has 3 N–H and O–H groups in total. The van der Waals surface area contributed by atoms with Gasteiger partial charge in [0.15, 0.2) is 0 Å². The summed E-state index contributed by atoms with van der Waals surface area (Å²) in [5.74, 6) is 0.561. The van der Waals surface area contributed by atoms with Crippen molar-refractivity contribution in [2.45, 2.75) is 17.7 Å². The van der Waals surface area contributed by atoms with Crippen LogP contribution >= 0.6 is 23.2 Å². The summed E-state index contributed by atoms with van der Waals surface area (Å²) >= 11 is 12.0. The Morgan fingerprint density at radius 1 is 0.906 bits per heavy atom. The Kier molecular flexibility index (Phi) is 6.36. The summed E-state index contributed by atoms with van der Waals surface area (Å²) in [6.07, 6.45) is 0.718. The molecule has 0 aliphatic carbocycles. The van der Waals surface area contributed by atoms with Gasteiger partial charge in [-0.05, 0) is 48.5 Å². The van der Waals surface area contributed by atoms with Crippen LogP contribution in [0.15, 0.2) is 71.6 Å². The highest BCUT2D eigenvalue weighted by atomic mass is 35.5. The lowest BCUT2D eigenvalue weighted by Crippen LogP contribution is -2.15. The molecule has 7 nitrogen and oxygen atoms in total. The molecule has 4 rings (SSSR count). The molecule has 0 aliphatic rings. The van der Waals surface area contributed by atoms with E-state index < -0.39 is 10.0 Å². The van der Waals surface area contributed by atoms with Crippen molar-refractivity contribution in [1.82, 2.24) is 9.97 Å². The molecule has 1 amide bonds. The summed E-state index contributed by atoms with van der Waals surface area (Å²) in [7, 11) is -3.97. The van der Waals surface area contributed by atoms with Gasteiger partial charge in [-0.1, -0.05) is 41.4 Å². The number of H-pyrrole nitrogens is 1. The lowest BCUT2D eigenvalue weighted by atomic mass is 10.2. The van der Waals surface area contributed by atoms with Gasteiger partial charge in [0.2, 0.25) is 5.91 Å². The van der Waals surface area contributed by atoms with Crippen LogP contribution in [0.2, 0.25) is 10.0 Å². The number of nitrogens with one attached hydrogen (secondary N) is 3. The van der Waals surface area contributed by atoms with E-state index in [4.69, 9.17) is 23.2 Å². The zero-order valence-corrected chi connectivity index (χ0v) is 18.9. The standard InChI is InChI=1S/C22H18Cl2N4O3S/c23-16-4-3-5-17(24)22(16)32(30,31)28-15-10-8-14(9-11-15)25-21(29)13-12-20-26-18-6-1-2-7-19(18)27-20/h1-11,28H,12-13H2,(H,25,29)(H,26,27). The van der Waals surface area contributed by atoms with E-state index in [9.17, 15) is 13.2 Å². The van der Waals surface area contributed by atoms with Crippen LogP contribution in [-0.4, -0.2) is 24.3 Å². The van der Waals surface area contributed by atoms with Crippen molar-refractivity contribution >= 4 is 61.5 Å². The number of halogens is 2. The van der Waals surface area contributed by atoms with E-state index in [0.717, 1.165) is 16.9 Å². The molecule has 0 spiro atoms. The maximum Gasteiger partial charge on any atom is 0.264 e. The number of aromatic amines is 1. The number of carbonyl (C=O) groups is 1. The van der Waals surface area contributed by atoms with Crippen LogP contribution in [0.4, 0.5) is 11.4 Å². The van der Waals surface area contributed by atoms with Gasteiger partial charge in [0.05, 0.1) is 21.1 Å². The Morgan fingerprint density at radius 2 is 1.56 bits per heavy atom. The van der Waals surface area contributed by atoms with E-state index >= 15 is 0 Å². The molecule has 0 saturated heterocycles. The molecule has 1 heterocycles. The maximum absolute atomic E-state index is 12.6. The summed E-state index contributed by atoms with van der Waals surface area (Å²) in [6.45, 7) is 0. The van der Waals surface area contributed by atoms with Gasteiger partial charge in [-0.25, -0.2) is 13.4 Å². The minimum atomic E-state index is -3.97. The number of aromatic nitrogens is 2. The van der Waals surface area contributed by atoms with Crippen LogP contribution in [0.25, 0.3) is 11.0 Å². The molecule has 32 heavy (non-hydrogen) atoms. The van der Waals surface area contributed by atoms with Crippen molar-refractivity contribution in [2.75, 3.05) is 10.0 Å². The number of hydrogen-bond acceptors (Lipinski definition) is 4. The van der Waals surface area contributed by atoms with Crippen LogP contribution in [0.5, 0.6) is 0 Å². The molecule has 0 bridgehead atoms. The first kappa shape index (κ1) is 22.1. The molecular weight excluding hydrogens is 471 g/mol. The fraction of sp³-hybridized carbons (Fsp3) is 0.0909. The quantitative estimate of drug-likeness (QED) is 0.330. The van der Waals surface area contributed by atoms with Gasteiger partial charge in [-0.2, -0.15) is 0 Å². The molecule has 3 aromatic carbocycles. The van der Waals surface area contributed by atoms with Crippen LogP contribution in [0.1, 0.15) is 12.2 Å². The highest BCUT2D eigenvalue weighted by Gasteiger charge is 2.21. The second-order valence-electron chi connectivity index (χ2n) is 6.98. The summed E-state index contributed by atoms with van der Waals surface area (Å²) in [5.41, 5.74) is 2.64. The number of rotatable bonds is 7. The number of hydrogen-bond donors (Lipinski definition) is 3. The van der Waals surface area contributed by atoms with Gasteiger partial charge in [-0.3, -0.25) is 9.52 Å². The first-order valence-corrected chi connectivity index (χ1v) is 11.9. The number of anilines is 2. The first-order chi connectivity index (χ1) is 15.3. The molecule has 0 radical (unpaired) electrons. The molecule has 1 aromatic heterocycles. The van der Waals surface area contributed by atoms with E-state index in [0.29, 0.717) is 17.8 Å². The van der Waals surface area contributed by atoms with Gasteiger partial charge in [0.1, 0.15) is 10.7 Å². The van der Waals surface area contributed by atoms with Gasteiger partial charge < -0.3 is 10.3 Å². The van der Waals surface area contributed by atoms with E-state index in [-0.39, 0.29) is 27.3 Å². The van der Waals surface area contributed by atoms with Gasteiger partial charge in [-0.15, -0.1) is 0 Å². The van der Waals surface area contributed by atoms with Crippen LogP contribution in [-0.2, 0) is 21.2 Å². The van der Waals surface area contributed by atoms with Crippen molar-refractivity contribution < 1.29 is 13.2 Å². The smallest absolute Gasteiger partial charge is 0.264 e. The Labute approximate surface area is 194 Å². The second kappa shape index (κ2) is 9.20. The second-order valence-corrected chi connectivity index (χ2v) is 9.42. The number of amides is 1. The monoisotopic (exact) mass is 488 g/mol. The van der Waals surface area contributed by atoms with E-state index in [1.54, 1.807) is 18.2 Å². The van der Waals surface area contributed by atoms with E-state index in [2.05, 4.69) is 20.0 Å². The molecule has 0 unspecified atom stereocenters. The number of sulfonamides is 1. The fourth-order valence-corrected chi connectivity index (χ4v) is 5.35. The highest BCUT2D eigenvalue weighted by molar-refractivity contribution is 7.93. The van der Waals surface area contributed by atoms with Gasteiger partial charge >= 0.3 is 0 Å². The summed E-state index contributed by atoms with van der Waals surface area (Å²) in [6, 6.07) is 18.4. The number of nitrogens with zero attached hydrogens (tertiary/aromatic N) is 1. The lowest BCUT2D eigenvalue weighted by molar-refractivity contribution is -0.116. The molecule has 0 saturated carbocycles. The van der Waals surface area contributed by atoms with Crippen molar-refractivity contribution in [3.63, 3.8) is 0 Å². The number of fused-ring (bicyclic) bond motifs is 1. The zero-order chi connectivity index (χ0) is 22.7. The molecule has 164 valence electrons. The molecule has 10 heteroatoms. The summed E-state index contributed by atoms with van der Waals surface area (Å²) in [5, 5.41) is 2.84. The third-order valence-corrected chi connectivity index (χ3v) is 6.97. The normalized spacial score (nSPS) is 11.4. The minimum absolute atomic E-state index is 0.0262. The predicted octanol–water partition coefficient (Wildman–Crippen LogP) is 5.24.